The molecule has 1 fully saturated rings. The van der Waals surface area contributed by atoms with Crippen molar-refractivity contribution in [3.8, 4) is 12.3 Å². The van der Waals surface area contributed by atoms with Crippen LogP contribution < -0.4 is 0 Å². The smallest absolute Gasteiger partial charge is 0.310 e. The summed E-state index contributed by atoms with van der Waals surface area (Å²) in [7, 11) is 0. The van der Waals surface area contributed by atoms with Gasteiger partial charge in [0.05, 0.1) is 11.5 Å². The molecule has 0 bridgehead atoms. The van der Waals surface area contributed by atoms with Gasteiger partial charge in [-0.3, -0.25) is 4.79 Å². The van der Waals surface area contributed by atoms with Gasteiger partial charge in [-0.1, -0.05) is 13.8 Å². The summed E-state index contributed by atoms with van der Waals surface area (Å²) in [6.45, 7) is 2.37. The highest BCUT2D eigenvalue weighted by atomic mass is 79.9. The second-order valence-corrected chi connectivity index (χ2v) is 7.24. The van der Waals surface area contributed by atoms with E-state index in [-0.39, 0.29) is 0 Å². The van der Waals surface area contributed by atoms with Crippen molar-refractivity contribution in [1.82, 2.24) is 0 Å². The van der Waals surface area contributed by atoms with Crippen molar-refractivity contribution in [2.75, 3.05) is 0 Å². The number of benzene rings is 1. The Hall–Kier alpha value is -1.88. The molecular formula is C18H14BrF5O2. The van der Waals surface area contributed by atoms with Crippen molar-refractivity contribution in [1.29, 1.82) is 0 Å². The standard InChI is InChI=1S/C18H14BrF5O2/c1-4-5-8-13(21)15(23)9(16(24)14(8)22)7-26-17(25)12-10(6-11(19)20)18(12,2)3/h1,6,10,12H,5,7H2,2-3H3/t10-,12-/m0/s1. The minimum atomic E-state index is -1.67. The van der Waals surface area contributed by atoms with E-state index < -0.39 is 75.4 Å². The molecule has 0 aliphatic heterocycles. The lowest BCUT2D eigenvalue weighted by Gasteiger charge is -2.11. The molecule has 0 heterocycles. The minimum Gasteiger partial charge on any atom is -0.460 e. The van der Waals surface area contributed by atoms with Gasteiger partial charge in [-0.2, -0.15) is 4.39 Å². The first-order valence-electron chi connectivity index (χ1n) is 7.50. The number of halogens is 6. The van der Waals surface area contributed by atoms with Gasteiger partial charge in [0.1, 0.15) is 6.61 Å². The second kappa shape index (κ2) is 7.39. The third-order valence-electron chi connectivity index (χ3n) is 4.55. The van der Waals surface area contributed by atoms with E-state index in [4.69, 9.17) is 11.2 Å². The molecule has 0 radical (unpaired) electrons. The first kappa shape index (κ1) is 20.4. The molecule has 2 nitrogen and oxygen atoms in total. The number of esters is 1. The van der Waals surface area contributed by atoms with Gasteiger partial charge in [-0.15, -0.1) is 12.3 Å². The van der Waals surface area contributed by atoms with Crippen LogP contribution in [0.5, 0.6) is 0 Å². The third-order valence-corrected chi connectivity index (χ3v) is 4.82. The maximum absolute atomic E-state index is 14.0. The van der Waals surface area contributed by atoms with Crippen LogP contribution in [0.15, 0.2) is 10.8 Å². The summed E-state index contributed by atoms with van der Waals surface area (Å²) in [5.41, 5.74) is -2.57. The first-order valence-corrected chi connectivity index (χ1v) is 8.29. The number of terminal acetylenes is 1. The fourth-order valence-corrected chi connectivity index (χ4v) is 3.20. The average Bonchev–Trinajstić information content (AvgIpc) is 3.09. The molecule has 2 rings (SSSR count). The average molecular weight is 437 g/mol. The van der Waals surface area contributed by atoms with Gasteiger partial charge < -0.3 is 4.74 Å². The Morgan fingerprint density at radius 2 is 1.69 bits per heavy atom. The molecule has 8 heteroatoms. The zero-order valence-corrected chi connectivity index (χ0v) is 15.4. The molecule has 1 aliphatic rings. The summed E-state index contributed by atoms with van der Waals surface area (Å²) in [6.07, 6.45) is 5.47. The van der Waals surface area contributed by atoms with Gasteiger partial charge in [-0.05, 0) is 27.4 Å². The zero-order valence-electron chi connectivity index (χ0n) is 13.8. The van der Waals surface area contributed by atoms with Crippen molar-refractivity contribution < 1.29 is 31.5 Å². The SMILES string of the molecule is C#CCc1c(F)c(F)c(COC(=O)[C@@H]2[C@H](C=C(F)Br)C2(C)C)c(F)c1F. The molecule has 0 amide bonds. The number of ether oxygens (including phenoxy) is 1. The molecule has 26 heavy (non-hydrogen) atoms. The van der Waals surface area contributed by atoms with E-state index in [1.165, 1.54) is 6.08 Å². The summed E-state index contributed by atoms with van der Waals surface area (Å²) in [4.78, 5) is 12.1. The maximum Gasteiger partial charge on any atom is 0.310 e. The largest absolute Gasteiger partial charge is 0.460 e. The molecule has 1 aliphatic carbocycles. The van der Waals surface area contributed by atoms with Crippen molar-refractivity contribution in [2.45, 2.75) is 26.9 Å². The molecule has 0 unspecified atom stereocenters. The predicted octanol–water partition coefficient (Wildman–Crippen LogP) is 4.94. The Morgan fingerprint density at radius 1 is 1.19 bits per heavy atom. The van der Waals surface area contributed by atoms with Crippen LogP contribution in [0.1, 0.15) is 25.0 Å². The highest BCUT2D eigenvalue weighted by Crippen LogP contribution is 2.60. The number of hydrogen-bond acceptors (Lipinski definition) is 2. The van der Waals surface area contributed by atoms with Gasteiger partial charge in [0, 0.05) is 17.9 Å². The van der Waals surface area contributed by atoms with Crippen LogP contribution in [-0.2, 0) is 22.6 Å². The minimum absolute atomic E-state index is 0.476. The van der Waals surface area contributed by atoms with Crippen LogP contribution >= 0.6 is 15.9 Å². The van der Waals surface area contributed by atoms with Gasteiger partial charge in [0.2, 0.25) is 0 Å². The van der Waals surface area contributed by atoms with Crippen LogP contribution in [0.25, 0.3) is 0 Å². The van der Waals surface area contributed by atoms with E-state index in [9.17, 15) is 26.7 Å². The summed E-state index contributed by atoms with van der Waals surface area (Å²) in [6, 6.07) is 0. The molecule has 1 aromatic carbocycles. The molecule has 0 saturated heterocycles. The fraction of sp³-hybridized carbons (Fsp3) is 0.389. The van der Waals surface area contributed by atoms with E-state index in [0.29, 0.717) is 0 Å². The second-order valence-electron chi connectivity index (χ2n) is 6.48. The third kappa shape index (κ3) is 3.63. The van der Waals surface area contributed by atoms with Crippen molar-refractivity contribution in [3.63, 3.8) is 0 Å². The summed E-state index contributed by atoms with van der Waals surface area (Å²) in [5.74, 6) is -6.75. The molecule has 1 aromatic rings. The predicted molar refractivity (Wildman–Crippen MR) is 87.5 cm³/mol. The summed E-state index contributed by atoms with van der Waals surface area (Å²) < 4.78 is 72.8. The quantitative estimate of drug-likeness (QED) is 0.283. The number of hydrogen-bond donors (Lipinski definition) is 0. The van der Waals surface area contributed by atoms with Crippen LogP contribution in [0.3, 0.4) is 0 Å². The Labute approximate surface area is 155 Å². The lowest BCUT2D eigenvalue weighted by Crippen LogP contribution is -2.14. The zero-order chi connectivity index (χ0) is 19.8. The lowest BCUT2D eigenvalue weighted by atomic mass is 10.1. The van der Waals surface area contributed by atoms with Gasteiger partial charge in [0.25, 0.3) is 0 Å². The van der Waals surface area contributed by atoms with Gasteiger partial charge >= 0.3 is 5.97 Å². The number of carbonyl (C=O) groups excluding carboxylic acids is 1. The summed E-state index contributed by atoms with van der Waals surface area (Å²) in [5, 5.41) is 0. The highest BCUT2D eigenvalue weighted by molar-refractivity contribution is 9.11. The molecule has 0 N–H and O–H groups in total. The normalized spacial score (nSPS) is 21.3. The van der Waals surface area contributed by atoms with Crippen LogP contribution in [-0.4, -0.2) is 5.97 Å². The molecule has 140 valence electrons. The highest BCUT2D eigenvalue weighted by Gasteiger charge is 2.61. The Morgan fingerprint density at radius 3 is 2.15 bits per heavy atom. The number of rotatable bonds is 5. The van der Waals surface area contributed by atoms with Crippen molar-refractivity contribution >= 4 is 21.9 Å². The lowest BCUT2D eigenvalue weighted by molar-refractivity contribution is -0.147. The topological polar surface area (TPSA) is 26.3 Å². The Kier molecular flexibility index (Phi) is 5.81. The van der Waals surface area contributed by atoms with E-state index >= 15 is 0 Å². The Balaban J connectivity index is 2.20. The van der Waals surface area contributed by atoms with E-state index in [0.717, 1.165) is 0 Å². The van der Waals surface area contributed by atoms with Crippen LogP contribution in [0.4, 0.5) is 22.0 Å². The number of allylic oxidation sites excluding steroid dienone is 1. The molecular weight excluding hydrogens is 423 g/mol. The van der Waals surface area contributed by atoms with Crippen molar-refractivity contribution in [3.05, 3.63) is 45.2 Å². The monoisotopic (exact) mass is 436 g/mol. The first-order chi connectivity index (χ1) is 12.0. The fourth-order valence-electron chi connectivity index (χ4n) is 2.91. The molecule has 0 spiro atoms. The van der Waals surface area contributed by atoms with E-state index in [2.05, 4.69) is 15.9 Å². The number of carbonyl (C=O) groups is 1. The van der Waals surface area contributed by atoms with E-state index in [1.807, 2.05) is 5.92 Å². The van der Waals surface area contributed by atoms with Gasteiger partial charge in [-0.25, -0.2) is 17.6 Å². The van der Waals surface area contributed by atoms with E-state index in [1.54, 1.807) is 13.8 Å². The molecule has 2 atom stereocenters. The Bertz CT molecular complexity index is 793. The maximum atomic E-state index is 14.0. The van der Waals surface area contributed by atoms with Crippen LogP contribution in [0, 0.1) is 52.9 Å². The van der Waals surface area contributed by atoms with Crippen LogP contribution in [0.2, 0.25) is 0 Å². The van der Waals surface area contributed by atoms with Crippen molar-refractivity contribution in [2.24, 2.45) is 17.3 Å². The molecule has 0 aromatic heterocycles. The summed E-state index contributed by atoms with van der Waals surface area (Å²) >= 11 is 2.62. The van der Waals surface area contributed by atoms with Gasteiger partial charge in [0.15, 0.2) is 28.0 Å². The molecule has 1 saturated carbocycles.